The van der Waals surface area contributed by atoms with Gasteiger partial charge in [-0.1, -0.05) is 24.3 Å². The molecule has 1 aromatic carbocycles. The van der Waals surface area contributed by atoms with Crippen molar-refractivity contribution in [3.63, 3.8) is 0 Å². The van der Waals surface area contributed by atoms with E-state index in [1.165, 1.54) is 16.7 Å². The highest BCUT2D eigenvalue weighted by Gasteiger charge is 2.18. The number of nitrogens with zero attached hydrogens (tertiary/aromatic N) is 1. The minimum Gasteiger partial charge on any atom is -0.368 e. The summed E-state index contributed by atoms with van der Waals surface area (Å²) in [4.78, 5) is 4.34. The molecule has 0 bridgehead atoms. The van der Waals surface area contributed by atoms with Gasteiger partial charge >= 0.3 is 0 Å². The summed E-state index contributed by atoms with van der Waals surface area (Å²) in [5, 5.41) is 6.99. The third kappa shape index (κ3) is 2.76. The summed E-state index contributed by atoms with van der Waals surface area (Å²) in [7, 11) is 0. The fourth-order valence-electron chi connectivity index (χ4n) is 2.61. The Kier molecular flexibility index (Phi) is 3.47. The maximum atomic E-state index is 4.34. The van der Waals surface area contributed by atoms with Gasteiger partial charge in [0.15, 0.2) is 0 Å². The Morgan fingerprint density at radius 1 is 1.32 bits per heavy atom. The van der Waals surface area contributed by atoms with Gasteiger partial charge in [0.2, 0.25) is 0 Å². The molecule has 1 aliphatic heterocycles. The molecule has 0 saturated carbocycles. The molecule has 98 valence electrons. The maximum absolute atomic E-state index is 4.34. The summed E-state index contributed by atoms with van der Waals surface area (Å²) >= 11 is 0. The van der Waals surface area contributed by atoms with Crippen LogP contribution in [0.4, 0.5) is 5.82 Å². The van der Waals surface area contributed by atoms with Crippen molar-refractivity contribution in [2.45, 2.75) is 19.4 Å². The Labute approximate surface area is 114 Å². The first kappa shape index (κ1) is 12.2. The van der Waals surface area contributed by atoms with Crippen molar-refractivity contribution in [2.24, 2.45) is 0 Å². The topological polar surface area (TPSA) is 37.0 Å². The van der Waals surface area contributed by atoms with Crippen LogP contribution < -0.4 is 10.6 Å². The number of hydrogen-bond donors (Lipinski definition) is 2. The van der Waals surface area contributed by atoms with Crippen molar-refractivity contribution < 1.29 is 0 Å². The highest BCUT2D eigenvalue weighted by molar-refractivity contribution is 5.39. The number of pyridine rings is 1. The van der Waals surface area contributed by atoms with Gasteiger partial charge in [-0.25, -0.2) is 4.98 Å². The summed E-state index contributed by atoms with van der Waals surface area (Å²) in [6.07, 6.45) is 2.97. The van der Waals surface area contributed by atoms with Crippen molar-refractivity contribution in [3.05, 3.63) is 59.3 Å². The number of rotatable bonds is 3. The Balaban J connectivity index is 1.71. The Morgan fingerprint density at radius 3 is 3.11 bits per heavy atom. The van der Waals surface area contributed by atoms with E-state index in [1.807, 2.05) is 12.3 Å². The fraction of sp³-hybridized carbons (Fsp3) is 0.312. The van der Waals surface area contributed by atoms with Crippen LogP contribution in [0.1, 0.15) is 22.7 Å². The average molecular weight is 253 g/mol. The lowest BCUT2D eigenvalue weighted by molar-refractivity contribution is 0.523. The molecule has 0 saturated heterocycles. The van der Waals surface area contributed by atoms with E-state index in [0.717, 1.165) is 25.3 Å². The molecule has 0 radical (unpaired) electrons. The quantitative estimate of drug-likeness (QED) is 0.883. The van der Waals surface area contributed by atoms with Crippen LogP contribution in [0.3, 0.4) is 0 Å². The van der Waals surface area contributed by atoms with Crippen LogP contribution in [0.25, 0.3) is 0 Å². The van der Waals surface area contributed by atoms with Crippen molar-refractivity contribution in [3.8, 4) is 0 Å². The van der Waals surface area contributed by atoms with Crippen LogP contribution in [0.2, 0.25) is 0 Å². The van der Waals surface area contributed by atoms with Gasteiger partial charge in [0.05, 0.1) is 0 Å². The molecule has 0 spiro atoms. The summed E-state index contributed by atoms with van der Waals surface area (Å²) in [5.41, 5.74) is 4.11. The smallest absolute Gasteiger partial charge is 0.126 e. The van der Waals surface area contributed by atoms with Crippen molar-refractivity contribution >= 4 is 5.82 Å². The minimum absolute atomic E-state index is 0.368. The summed E-state index contributed by atoms with van der Waals surface area (Å²) in [5.74, 6) is 0.949. The summed E-state index contributed by atoms with van der Waals surface area (Å²) < 4.78 is 0. The van der Waals surface area contributed by atoms with Crippen molar-refractivity contribution in [1.29, 1.82) is 0 Å². The lowest BCUT2D eigenvalue weighted by Gasteiger charge is -2.27. The van der Waals surface area contributed by atoms with Gasteiger partial charge in [0.1, 0.15) is 5.82 Å². The van der Waals surface area contributed by atoms with E-state index in [0.29, 0.717) is 6.04 Å². The third-order valence-corrected chi connectivity index (χ3v) is 3.62. The van der Waals surface area contributed by atoms with Gasteiger partial charge < -0.3 is 10.6 Å². The zero-order valence-electron chi connectivity index (χ0n) is 11.2. The van der Waals surface area contributed by atoms with Crippen LogP contribution in [0, 0.1) is 6.92 Å². The van der Waals surface area contributed by atoms with Crippen LogP contribution in [-0.4, -0.2) is 18.1 Å². The Morgan fingerprint density at radius 2 is 2.21 bits per heavy atom. The molecule has 0 aliphatic carbocycles. The summed E-state index contributed by atoms with van der Waals surface area (Å²) in [6.45, 7) is 4.00. The van der Waals surface area contributed by atoms with Gasteiger partial charge in [0, 0.05) is 18.8 Å². The summed E-state index contributed by atoms with van der Waals surface area (Å²) in [6, 6.07) is 13.1. The molecule has 1 aliphatic rings. The second-order valence-electron chi connectivity index (χ2n) is 5.05. The van der Waals surface area contributed by atoms with E-state index >= 15 is 0 Å². The molecule has 3 nitrogen and oxygen atoms in total. The van der Waals surface area contributed by atoms with Gasteiger partial charge in [-0.15, -0.1) is 0 Å². The van der Waals surface area contributed by atoms with E-state index < -0.39 is 0 Å². The molecule has 2 aromatic rings. The molecule has 19 heavy (non-hydrogen) atoms. The molecule has 2 N–H and O–H groups in total. The van der Waals surface area contributed by atoms with Gasteiger partial charge in [-0.3, -0.25) is 0 Å². The van der Waals surface area contributed by atoms with Crippen LogP contribution in [-0.2, 0) is 6.42 Å². The van der Waals surface area contributed by atoms with Crippen LogP contribution in [0.15, 0.2) is 42.6 Å². The molecule has 2 heterocycles. The third-order valence-electron chi connectivity index (χ3n) is 3.62. The highest BCUT2D eigenvalue weighted by atomic mass is 15.0. The zero-order valence-corrected chi connectivity index (χ0v) is 11.2. The molecule has 1 atom stereocenters. The van der Waals surface area contributed by atoms with Crippen molar-refractivity contribution in [1.82, 2.24) is 10.3 Å². The Bertz CT molecular complexity index is 565. The lowest BCUT2D eigenvalue weighted by Crippen LogP contribution is -2.34. The first-order chi connectivity index (χ1) is 9.33. The predicted octanol–water partition coefficient (Wildman–Crippen LogP) is 2.69. The van der Waals surface area contributed by atoms with E-state index in [2.05, 4.69) is 52.9 Å². The fourth-order valence-corrected chi connectivity index (χ4v) is 2.61. The molecule has 0 amide bonds. The molecule has 3 heteroatoms. The highest BCUT2D eigenvalue weighted by Crippen LogP contribution is 2.22. The molecule has 3 rings (SSSR count). The molecule has 1 aromatic heterocycles. The minimum atomic E-state index is 0.368. The number of fused-ring (bicyclic) bond motifs is 1. The van der Waals surface area contributed by atoms with E-state index in [4.69, 9.17) is 0 Å². The van der Waals surface area contributed by atoms with E-state index in [9.17, 15) is 0 Å². The van der Waals surface area contributed by atoms with E-state index in [-0.39, 0.29) is 0 Å². The lowest BCUT2D eigenvalue weighted by atomic mass is 9.94. The van der Waals surface area contributed by atoms with Crippen LogP contribution >= 0.6 is 0 Å². The van der Waals surface area contributed by atoms with Crippen LogP contribution in [0.5, 0.6) is 0 Å². The number of aryl methyl sites for hydroxylation is 1. The van der Waals surface area contributed by atoms with E-state index in [1.54, 1.807) is 0 Å². The monoisotopic (exact) mass is 253 g/mol. The number of benzene rings is 1. The molecular weight excluding hydrogens is 234 g/mol. The maximum Gasteiger partial charge on any atom is 0.126 e. The van der Waals surface area contributed by atoms with Crippen molar-refractivity contribution in [2.75, 3.05) is 18.4 Å². The average Bonchev–Trinajstić information content (AvgIpc) is 2.45. The predicted molar refractivity (Wildman–Crippen MR) is 78.4 cm³/mol. The second kappa shape index (κ2) is 5.41. The zero-order chi connectivity index (χ0) is 13.1. The standard InChI is InChI=1S/C16H19N3/c1-12-6-8-18-16(10-12)19-11-15-14-5-3-2-4-13(14)7-9-17-15/h2-6,8,10,15,17H,7,9,11H2,1H3,(H,18,19). The number of hydrogen-bond acceptors (Lipinski definition) is 3. The molecular formula is C16H19N3. The molecule has 0 fully saturated rings. The van der Waals surface area contributed by atoms with Gasteiger partial charge in [-0.2, -0.15) is 0 Å². The number of nitrogens with one attached hydrogen (secondary N) is 2. The second-order valence-corrected chi connectivity index (χ2v) is 5.05. The largest absolute Gasteiger partial charge is 0.368 e. The molecule has 1 unspecified atom stereocenters. The first-order valence-corrected chi connectivity index (χ1v) is 6.80. The normalized spacial score (nSPS) is 17.8. The first-order valence-electron chi connectivity index (χ1n) is 6.80. The Hall–Kier alpha value is -1.87. The SMILES string of the molecule is Cc1ccnc(NCC2NCCc3ccccc32)c1. The van der Waals surface area contributed by atoms with Gasteiger partial charge in [0.25, 0.3) is 0 Å². The van der Waals surface area contributed by atoms with Gasteiger partial charge in [-0.05, 0) is 48.7 Å². The number of anilines is 1. The number of aromatic nitrogens is 1.